The van der Waals surface area contributed by atoms with E-state index in [9.17, 15) is 9.59 Å². The molecule has 4 rings (SSSR count). The third-order valence-corrected chi connectivity index (χ3v) is 5.76. The average Bonchev–Trinajstić information content (AvgIpc) is 3.14. The van der Waals surface area contributed by atoms with Gasteiger partial charge < -0.3 is 9.64 Å². The van der Waals surface area contributed by atoms with E-state index in [1.54, 1.807) is 18.0 Å². The fourth-order valence-corrected chi connectivity index (χ4v) is 4.18. The maximum Gasteiger partial charge on any atom is 0.350 e. The van der Waals surface area contributed by atoms with Crippen molar-refractivity contribution in [1.82, 2.24) is 9.97 Å². The number of hydrogen-bond acceptors (Lipinski definition) is 6. The molecular weight excluding hydrogens is 374 g/mol. The van der Waals surface area contributed by atoms with Gasteiger partial charge in [0.25, 0.3) is 5.91 Å². The Balaban J connectivity index is 1.44. The van der Waals surface area contributed by atoms with Crippen molar-refractivity contribution in [3.8, 4) is 10.7 Å². The van der Waals surface area contributed by atoms with Crippen LogP contribution in [0.4, 0.5) is 5.69 Å². The molecule has 3 aromatic rings. The Hall–Kier alpha value is -3.06. The number of fused-ring (bicyclic) bond motifs is 1. The van der Waals surface area contributed by atoms with Crippen molar-refractivity contribution in [2.75, 3.05) is 18.1 Å². The van der Waals surface area contributed by atoms with Gasteiger partial charge in [-0.05, 0) is 43.5 Å². The predicted molar refractivity (Wildman–Crippen MR) is 107 cm³/mol. The Morgan fingerprint density at radius 3 is 2.82 bits per heavy atom. The fourth-order valence-electron chi connectivity index (χ4n) is 3.25. The van der Waals surface area contributed by atoms with Gasteiger partial charge in [-0.15, -0.1) is 11.3 Å². The Morgan fingerprint density at radius 1 is 1.18 bits per heavy atom. The SMILES string of the molecule is Cc1nc(-c2ccccn2)sc1C(=O)OCC(=O)N1CCCc2ccccc21. The third-order valence-electron chi connectivity index (χ3n) is 4.60. The van der Waals surface area contributed by atoms with Crippen LogP contribution in [0.2, 0.25) is 0 Å². The number of para-hydroxylation sites is 1. The van der Waals surface area contributed by atoms with E-state index in [1.807, 2.05) is 42.5 Å². The highest BCUT2D eigenvalue weighted by atomic mass is 32.1. The summed E-state index contributed by atoms with van der Waals surface area (Å²) >= 11 is 1.22. The number of aryl methyl sites for hydroxylation is 2. The maximum atomic E-state index is 12.6. The van der Waals surface area contributed by atoms with Crippen molar-refractivity contribution < 1.29 is 14.3 Å². The summed E-state index contributed by atoms with van der Waals surface area (Å²) in [6.07, 6.45) is 3.54. The van der Waals surface area contributed by atoms with E-state index in [4.69, 9.17) is 4.74 Å². The smallest absolute Gasteiger partial charge is 0.350 e. The van der Waals surface area contributed by atoms with Gasteiger partial charge in [0, 0.05) is 18.4 Å². The number of carbonyl (C=O) groups is 2. The van der Waals surface area contributed by atoms with Gasteiger partial charge in [0.2, 0.25) is 0 Å². The molecule has 0 unspecified atom stereocenters. The van der Waals surface area contributed by atoms with Gasteiger partial charge in [0.1, 0.15) is 9.88 Å². The van der Waals surface area contributed by atoms with E-state index in [0.29, 0.717) is 27.8 Å². The molecule has 0 N–H and O–H groups in total. The van der Waals surface area contributed by atoms with Gasteiger partial charge in [-0.1, -0.05) is 24.3 Å². The highest BCUT2D eigenvalue weighted by Crippen LogP contribution is 2.28. The first kappa shape index (κ1) is 18.3. The molecule has 6 nitrogen and oxygen atoms in total. The van der Waals surface area contributed by atoms with Crippen molar-refractivity contribution in [3.63, 3.8) is 0 Å². The van der Waals surface area contributed by atoms with Crippen LogP contribution in [0.3, 0.4) is 0 Å². The van der Waals surface area contributed by atoms with Crippen LogP contribution in [-0.2, 0) is 16.0 Å². The molecule has 1 aromatic carbocycles. The lowest BCUT2D eigenvalue weighted by molar-refractivity contribution is -0.121. The predicted octanol–water partition coefficient (Wildman–Crippen LogP) is 3.65. The lowest BCUT2D eigenvalue weighted by Crippen LogP contribution is -2.38. The molecule has 0 saturated carbocycles. The first-order chi connectivity index (χ1) is 13.6. The second kappa shape index (κ2) is 7.90. The summed E-state index contributed by atoms with van der Waals surface area (Å²) in [6.45, 7) is 2.10. The molecule has 3 heterocycles. The average molecular weight is 393 g/mol. The summed E-state index contributed by atoms with van der Waals surface area (Å²) in [6, 6.07) is 13.4. The fraction of sp³-hybridized carbons (Fsp3) is 0.238. The number of thiazole rings is 1. The maximum absolute atomic E-state index is 12.6. The standard InChI is InChI=1S/C21H19N3O3S/c1-14-19(28-20(23-14)16-9-4-5-11-22-16)21(26)27-13-18(25)24-12-6-8-15-7-2-3-10-17(15)24/h2-5,7,9-11H,6,8,12-13H2,1H3. The molecule has 1 aliphatic heterocycles. The highest BCUT2D eigenvalue weighted by Gasteiger charge is 2.24. The number of ether oxygens (including phenoxy) is 1. The van der Waals surface area contributed by atoms with E-state index in [2.05, 4.69) is 9.97 Å². The van der Waals surface area contributed by atoms with Crippen molar-refractivity contribution in [1.29, 1.82) is 0 Å². The minimum atomic E-state index is -0.532. The summed E-state index contributed by atoms with van der Waals surface area (Å²) in [5.41, 5.74) is 3.33. The Kier molecular flexibility index (Phi) is 5.16. The minimum Gasteiger partial charge on any atom is -0.451 e. The Morgan fingerprint density at radius 2 is 2.00 bits per heavy atom. The molecule has 0 spiro atoms. The third kappa shape index (κ3) is 3.66. The van der Waals surface area contributed by atoms with Crippen molar-refractivity contribution in [2.45, 2.75) is 19.8 Å². The number of esters is 1. The van der Waals surface area contributed by atoms with Crippen molar-refractivity contribution >= 4 is 28.9 Å². The molecule has 0 fully saturated rings. The monoisotopic (exact) mass is 393 g/mol. The normalized spacial score (nSPS) is 13.1. The number of anilines is 1. The number of pyridine rings is 1. The van der Waals surface area contributed by atoms with Crippen LogP contribution in [-0.4, -0.2) is 35.0 Å². The molecule has 0 atom stereocenters. The number of carbonyl (C=O) groups excluding carboxylic acids is 2. The van der Waals surface area contributed by atoms with Gasteiger partial charge in [0.05, 0.1) is 11.4 Å². The van der Waals surface area contributed by atoms with Crippen LogP contribution >= 0.6 is 11.3 Å². The molecule has 0 bridgehead atoms. The zero-order valence-corrected chi connectivity index (χ0v) is 16.2. The van der Waals surface area contributed by atoms with Gasteiger partial charge in [-0.25, -0.2) is 9.78 Å². The lowest BCUT2D eigenvalue weighted by atomic mass is 10.0. The van der Waals surface area contributed by atoms with Gasteiger partial charge in [-0.2, -0.15) is 0 Å². The van der Waals surface area contributed by atoms with Crippen LogP contribution in [0.25, 0.3) is 10.7 Å². The number of hydrogen-bond donors (Lipinski definition) is 0. The number of aromatic nitrogens is 2. The second-order valence-corrected chi connectivity index (χ2v) is 7.50. The summed E-state index contributed by atoms with van der Waals surface area (Å²) in [5.74, 6) is -0.747. The largest absolute Gasteiger partial charge is 0.451 e. The highest BCUT2D eigenvalue weighted by molar-refractivity contribution is 7.17. The van der Waals surface area contributed by atoms with Gasteiger partial charge in [-0.3, -0.25) is 9.78 Å². The van der Waals surface area contributed by atoms with E-state index < -0.39 is 5.97 Å². The number of rotatable bonds is 4. The van der Waals surface area contributed by atoms with E-state index >= 15 is 0 Å². The molecule has 2 aromatic heterocycles. The zero-order valence-electron chi connectivity index (χ0n) is 15.4. The van der Waals surface area contributed by atoms with E-state index in [-0.39, 0.29) is 12.5 Å². The van der Waals surface area contributed by atoms with Gasteiger partial charge in [0.15, 0.2) is 6.61 Å². The number of nitrogens with zero attached hydrogens (tertiary/aromatic N) is 3. The molecule has 7 heteroatoms. The minimum absolute atomic E-state index is 0.215. The van der Waals surface area contributed by atoms with E-state index in [0.717, 1.165) is 24.1 Å². The molecule has 142 valence electrons. The van der Waals surface area contributed by atoms with Crippen LogP contribution in [0.5, 0.6) is 0 Å². The summed E-state index contributed by atoms with van der Waals surface area (Å²) < 4.78 is 5.31. The topological polar surface area (TPSA) is 72.4 Å². The molecule has 0 aliphatic carbocycles. The first-order valence-electron chi connectivity index (χ1n) is 9.07. The van der Waals surface area contributed by atoms with Crippen molar-refractivity contribution in [2.24, 2.45) is 0 Å². The quantitative estimate of drug-likeness (QED) is 0.633. The van der Waals surface area contributed by atoms with Crippen molar-refractivity contribution in [3.05, 3.63) is 64.8 Å². The number of benzene rings is 1. The number of amides is 1. The molecule has 0 radical (unpaired) electrons. The molecule has 28 heavy (non-hydrogen) atoms. The summed E-state index contributed by atoms with van der Waals surface area (Å²) in [5, 5.41) is 0.654. The summed E-state index contributed by atoms with van der Waals surface area (Å²) in [7, 11) is 0. The van der Waals surface area contributed by atoms with Crippen LogP contribution in [0.1, 0.15) is 27.3 Å². The Labute approximate surface area is 166 Å². The first-order valence-corrected chi connectivity index (χ1v) is 9.89. The zero-order chi connectivity index (χ0) is 19.5. The summed E-state index contributed by atoms with van der Waals surface area (Å²) in [4.78, 5) is 35.9. The van der Waals surface area contributed by atoms with Gasteiger partial charge >= 0.3 is 5.97 Å². The molecule has 1 aliphatic rings. The Bertz CT molecular complexity index is 1020. The van der Waals surface area contributed by atoms with Crippen LogP contribution in [0.15, 0.2) is 48.7 Å². The molecular formula is C21H19N3O3S. The second-order valence-electron chi connectivity index (χ2n) is 6.50. The molecule has 0 saturated heterocycles. The lowest BCUT2D eigenvalue weighted by Gasteiger charge is -2.29. The molecule has 1 amide bonds. The van der Waals surface area contributed by atoms with Crippen LogP contribution < -0.4 is 4.90 Å². The van der Waals surface area contributed by atoms with E-state index in [1.165, 1.54) is 11.3 Å². The van der Waals surface area contributed by atoms with Crippen LogP contribution in [0, 0.1) is 6.92 Å².